The molecule has 6 heteroatoms. The molecule has 0 bridgehead atoms. The van der Waals surface area contributed by atoms with Gasteiger partial charge in [0.25, 0.3) is 0 Å². The molecular weight excluding hydrogens is 194 g/mol. The smallest absolute Gasteiger partial charge is 0.240 e. The number of nitrogens with zero attached hydrogens (tertiary/aromatic N) is 3. The van der Waals surface area contributed by atoms with Crippen LogP contribution in [-0.4, -0.2) is 42.1 Å². The van der Waals surface area contributed by atoms with Crippen LogP contribution in [-0.2, 0) is 0 Å². The number of anilines is 1. The monoisotopic (exact) mass is 211 g/mol. The fourth-order valence-corrected chi connectivity index (χ4v) is 1.05. The number of nitrogens with two attached hydrogens (primary N) is 1. The standard InChI is InChI=1S/C9H17N5O/c1-14(2)6-3-7-15-8-4-5-11-9(12-8)13-10/h4-5H,3,6-7,10H2,1-2H3,(H,11,12,13). The number of ether oxygens (including phenoxy) is 1. The maximum atomic E-state index is 5.43. The molecule has 0 saturated carbocycles. The van der Waals surface area contributed by atoms with Crippen LogP contribution < -0.4 is 16.0 Å². The van der Waals surface area contributed by atoms with Gasteiger partial charge in [0, 0.05) is 18.8 Å². The summed E-state index contributed by atoms with van der Waals surface area (Å²) in [6.07, 6.45) is 2.56. The van der Waals surface area contributed by atoms with E-state index in [4.69, 9.17) is 10.6 Å². The van der Waals surface area contributed by atoms with Crippen LogP contribution in [0.2, 0.25) is 0 Å². The minimum atomic E-state index is 0.361. The number of rotatable bonds is 6. The summed E-state index contributed by atoms with van der Waals surface area (Å²) in [6, 6.07) is 1.70. The third-order valence-electron chi connectivity index (χ3n) is 1.76. The zero-order valence-electron chi connectivity index (χ0n) is 9.10. The lowest BCUT2D eigenvalue weighted by Gasteiger charge is -2.09. The molecule has 0 spiro atoms. The average molecular weight is 211 g/mol. The highest BCUT2D eigenvalue weighted by molar-refractivity contribution is 5.25. The first-order valence-electron chi connectivity index (χ1n) is 4.79. The van der Waals surface area contributed by atoms with Crippen molar-refractivity contribution in [2.45, 2.75) is 6.42 Å². The van der Waals surface area contributed by atoms with Crippen molar-refractivity contribution in [2.24, 2.45) is 5.84 Å². The summed E-state index contributed by atoms with van der Waals surface area (Å²) in [7, 11) is 4.06. The van der Waals surface area contributed by atoms with Gasteiger partial charge in [-0.15, -0.1) is 0 Å². The largest absolute Gasteiger partial charge is 0.477 e. The van der Waals surface area contributed by atoms with Gasteiger partial charge in [-0.25, -0.2) is 10.8 Å². The Kier molecular flexibility index (Phi) is 4.79. The fraction of sp³-hybridized carbons (Fsp3) is 0.556. The Balaban J connectivity index is 2.30. The van der Waals surface area contributed by atoms with Gasteiger partial charge in [-0.2, -0.15) is 4.98 Å². The summed E-state index contributed by atoms with van der Waals surface area (Å²) in [6.45, 7) is 1.63. The molecule has 1 heterocycles. The lowest BCUT2D eigenvalue weighted by molar-refractivity contribution is 0.273. The van der Waals surface area contributed by atoms with Crippen molar-refractivity contribution in [2.75, 3.05) is 32.7 Å². The Labute approximate surface area is 89.4 Å². The van der Waals surface area contributed by atoms with Crippen LogP contribution in [0.4, 0.5) is 5.95 Å². The van der Waals surface area contributed by atoms with Gasteiger partial charge in [0.15, 0.2) is 0 Å². The Morgan fingerprint density at radius 2 is 2.33 bits per heavy atom. The van der Waals surface area contributed by atoms with Crippen molar-refractivity contribution >= 4 is 5.95 Å². The maximum absolute atomic E-state index is 5.43. The van der Waals surface area contributed by atoms with Crippen molar-refractivity contribution in [3.8, 4) is 5.88 Å². The van der Waals surface area contributed by atoms with E-state index in [1.54, 1.807) is 12.3 Å². The highest BCUT2D eigenvalue weighted by Gasteiger charge is 1.98. The van der Waals surface area contributed by atoms with Crippen molar-refractivity contribution in [3.63, 3.8) is 0 Å². The average Bonchev–Trinajstić information content (AvgIpc) is 2.24. The molecule has 0 radical (unpaired) electrons. The molecule has 0 fully saturated rings. The highest BCUT2D eigenvalue weighted by atomic mass is 16.5. The SMILES string of the molecule is CN(C)CCCOc1ccnc(NN)n1. The second-order valence-corrected chi connectivity index (χ2v) is 3.37. The van der Waals surface area contributed by atoms with Crippen LogP contribution in [0, 0.1) is 0 Å². The first kappa shape index (κ1) is 11.7. The van der Waals surface area contributed by atoms with Crippen LogP contribution in [0.1, 0.15) is 6.42 Å². The molecule has 0 aliphatic carbocycles. The number of nitrogen functional groups attached to an aromatic ring is 1. The van der Waals surface area contributed by atoms with E-state index in [-0.39, 0.29) is 0 Å². The number of aromatic nitrogens is 2. The fourth-order valence-electron chi connectivity index (χ4n) is 1.05. The lowest BCUT2D eigenvalue weighted by atomic mass is 10.4. The minimum Gasteiger partial charge on any atom is -0.477 e. The molecule has 0 aromatic carbocycles. The molecule has 1 aromatic rings. The Hall–Kier alpha value is -1.40. The van der Waals surface area contributed by atoms with Gasteiger partial charge in [0.05, 0.1) is 6.61 Å². The summed E-state index contributed by atoms with van der Waals surface area (Å²) in [5.41, 5.74) is 2.37. The molecule has 15 heavy (non-hydrogen) atoms. The summed E-state index contributed by atoms with van der Waals surface area (Å²) in [4.78, 5) is 10.0. The molecule has 1 rings (SSSR count). The number of hydrogen-bond donors (Lipinski definition) is 2. The zero-order valence-corrected chi connectivity index (χ0v) is 9.10. The van der Waals surface area contributed by atoms with Crippen LogP contribution in [0.5, 0.6) is 5.88 Å². The molecular formula is C9H17N5O. The molecule has 1 aromatic heterocycles. The van der Waals surface area contributed by atoms with E-state index < -0.39 is 0 Å². The molecule has 0 amide bonds. The molecule has 6 nitrogen and oxygen atoms in total. The van der Waals surface area contributed by atoms with Crippen molar-refractivity contribution in [3.05, 3.63) is 12.3 Å². The quantitative estimate of drug-likeness (QED) is 0.394. The molecule has 84 valence electrons. The van der Waals surface area contributed by atoms with Gasteiger partial charge in [0.2, 0.25) is 11.8 Å². The van der Waals surface area contributed by atoms with Crippen LogP contribution in [0.3, 0.4) is 0 Å². The van der Waals surface area contributed by atoms with Crippen LogP contribution >= 0.6 is 0 Å². The van der Waals surface area contributed by atoms with Gasteiger partial charge < -0.3 is 9.64 Å². The van der Waals surface area contributed by atoms with E-state index in [1.165, 1.54) is 0 Å². The van der Waals surface area contributed by atoms with Gasteiger partial charge in [-0.3, -0.25) is 5.43 Å². The first-order valence-corrected chi connectivity index (χ1v) is 4.79. The normalized spacial score (nSPS) is 10.4. The highest BCUT2D eigenvalue weighted by Crippen LogP contribution is 2.07. The summed E-state index contributed by atoms with van der Waals surface area (Å²) in [5.74, 6) is 6.08. The Morgan fingerprint density at radius 3 is 3.00 bits per heavy atom. The topological polar surface area (TPSA) is 76.3 Å². The van der Waals surface area contributed by atoms with Crippen molar-refractivity contribution in [1.29, 1.82) is 0 Å². The second kappa shape index (κ2) is 6.15. The van der Waals surface area contributed by atoms with Gasteiger partial charge in [-0.1, -0.05) is 0 Å². The van der Waals surface area contributed by atoms with E-state index in [0.29, 0.717) is 18.4 Å². The molecule has 0 aliphatic heterocycles. The molecule has 3 N–H and O–H groups in total. The number of hydrazine groups is 1. The third kappa shape index (κ3) is 4.57. The number of hydrogen-bond acceptors (Lipinski definition) is 6. The van der Waals surface area contributed by atoms with Gasteiger partial charge in [-0.05, 0) is 20.5 Å². The van der Waals surface area contributed by atoms with Gasteiger partial charge >= 0.3 is 0 Å². The summed E-state index contributed by atoms with van der Waals surface area (Å²) >= 11 is 0. The van der Waals surface area contributed by atoms with Gasteiger partial charge in [0.1, 0.15) is 0 Å². The maximum Gasteiger partial charge on any atom is 0.240 e. The van der Waals surface area contributed by atoms with Crippen LogP contribution in [0.25, 0.3) is 0 Å². The minimum absolute atomic E-state index is 0.361. The lowest BCUT2D eigenvalue weighted by Crippen LogP contribution is -2.16. The van der Waals surface area contributed by atoms with E-state index >= 15 is 0 Å². The molecule has 0 saturated heterocycles. The van der Waals surface area contributed by atoms with E-state index in [1.807, 2.05) is 14.1 Å². The summed E-state index contributed by atoms with van der Waals surface area (Å²) in [5, 5.41) is 0. The molecule has 0 unspecified atom stereocenters. The Morgan fingerprint density at radius 1 is 1.53 bits per heavy atom. The Bertz CT molecular complexity index is 292. The summed E-state index contributed by atoms with van der Waals surface area (Å²) < 4.78 is 5.43. The second-order valence-electron chi connectivity index (χ2n) is 3.37. The predicted molar refractivity (Wildman–Crippen MR) is 58.5 cm³/mol. The van der Waals surface area contributed by atoms with Crippen molar-refractivity contribution in [1.82, 2.24) is 14.9 Å². The first-order chi connectivity index (χ1) is 7.22. The third-order valence-corrected chi connectivity index (χ3v) is 1.76. The molecule has 0 aliphatic rings. The van der Waals surface area contributed by atoms with E-state index in [0.717, 1.165) is 13.0 Å². The van der Waals surface area contributed by atoms with E-state index in [2.05, 4.69) is 20.3 Å². The van der Waals surface area contributed by atoms with Crippen molar-refractivity contribution < 1.29 is 4.74 Å². The molecule has 0 atom stereocenters. The predicted octanol–water partition coefficient (Wildman–Crippen LogP) is 0.0927. The zero-order chi connectivity index (χ0) is 11.1. The van der Waals surface area contributed by atoms with E-state index in [9.17, 15) is 0 Å². The number of nitrogens with one attached hydrogen (secondary N) is 1. The van der Waals surface area contributed by atoms with Crippen LogP contribution in [0.15, 0.2) is 12.3 Å².